The summed E-state index contributed by atoms with van der Waals surface area (Å²) in [6.07, 6.45) is 1.41. The minimum Gasteiger partial charge on any atom is -0.462 e. The number of ether oxygens (including phenoxy) is 1. The van der Waals surface area contributed by atoms with Crippen LogP contribution in [0.25, 0.3) is 5.65 Å². The van der Waals surface area contributed by atoms with Gasteiger partial charge in [-0.2, -0.15) is 0 Å². The van der Waals surface area contributed by atoms with Gasteiger partial charge in [0.1, 0.15) is 11.4 Å². The number of benzene rings is 1. The number of carbonyl (C=O) groups is 1. The highest BCUT2D eigenvalue weighted by molar-refractivity contribution is 5.95. The van der Waals surface area contributed by atoms with Crippen LogP contribution < -0.4 is 5.56 Å². The number of rotatable bonds is 6. The van der Waals surface area contributed by atoms with E-state index in [1.165, 1.54) is 28.9 Å². The molecule has 2 aromatic heterocycles. The molecule has 1 unspecified atom stereocenters. The Bertz CT molecular complexity index is 1010. The summed E-state index contributed by atoms with van der Waals surface area (Å²) in [4.78, 5) is 30.8. The zero-order chi connectivity index (χ0) is 19.6. The predicted molar refractivity (Wildman–Crippen MR) is 98.1 cm³/mol. The van der Waals surface area contributed by atoms with Crippen molar-refractivity contribution < 1.29 is 13.9 Å². The molecule has 142 valence electrons. The van der Waals surface area contributed by atoms with Gasteiger partial charge in [0.2, 0.25) is 0 Å². The van der Waals surface area contributed by atoms with Crippen LogP contribution in [0.4, 0.5) is 4.39 Å². The van der Waals surface area contributed by atoms with Crippen LogP contribution in [0.3, 0.4) is 0 Å². The average molecular weight is 372 g/mol. The van der Waals surface area contributed by atoms with Crippen LogP contribution in [-0.4, -0.2) is 39.1 Å². The highest BCUT2D eigenvalue weighted by atomic mass is 19.1. The number of H-pyrrole nitrogens is 1. The molecular formula is C19H21FN4O3. The van der Waals surface area contributed by atoms with Crippen molar-refractivity contribution in [1.29, 1.82) is 0 Å². The number of fused-ring (bicyclic) bond motifs is 1. The summed E-state index contributed by atoms with van der Waals surface area (Å²) in [7, 11) is 1.89. The van der Waals surface area contributed by atoms with Gasteiger partial charge in [0.25, 0.3) is 5.56 Å². The zero-order valence-electron chi connectivity index (χ0n) is 15.4. The molecule has 1 aromatic carbocycles. The van der Waals surface area contributed by atoms with Crippen LogP contribution in [0.15, 0.2) is 41.3 Å². The molecule has 0 aliphatic carbocycles. The Morgan fingerprint density at radius 1 is 1.37 bits per heavy atom. The summed E-state index contributed by atoms with van der Waals surface area (Å²) < 4.78 is 19.3. The molecule has 0 aliphatic heterocycles. The molecule has 7 nitrogen and oxygen atoms in total. The Balaban J connectivity index is 1.88. The van der Waals surface area contributed by atoms with E-state index in [9.17, 15) is 14.0 Å². The van der Waals surface area contributed by atoms with E-state index < -0.39 is 5.97 Å². The molecule has 27 heavy (non-hydrogen) atoms. The maximum Gasteiger partial charge on any atom is 0.343 e. The second kappa shape index (κ2) is 7.71. The first-order chi connectivity index (χ1) is 12.9. The lowest BCUT2D eigenvalue weighted by Crippen LogP contribution is -2.25. The molecule has 1 atom stereocenters. The van der Waals surface area contributed by atoms with Gasteiger partial charge in [0, 0.05) is 24.8 Å². The fraction of sp³-hybridized carbons (Fsp3) is 0.316. The van der Waals surface area contributed by atoms with Crippen LogP contribution in [0.2, 0.25) is 0 Å². The van der Waals surface area contributed by atoms with Crippen molar-refractivity contribution in [3.05, 3.63) is 69.5 Å². The van der Waals surface area contributed by atoms with Crippen molar-refractivity contribution in [3.63, 3.8) is 0 Å². The quantitative estimate of drug-likeness (QED) is 0.673. The molecule has 3 aromatic rings. The standard InChI is InChI=1S/C19H21FN4O3/c1-4-27-19(26)16-10-21-24-17(25)9-15(22-18(16)24)11-23(3)12(2)13-5-7-14(20)8-6-13/h5-10,12,21H,4,11H2,1-3H3. The van der Waals surface area contributed by atoms with Gasteiger partial charge >= 0.3 is 5.97 Å². The molecule has 0 radical (unpaired) electrons. The van der Waals surface area contributed by atoms with Gasteiger partial charge in [-0.25, -0.2) is 18.7 Å². The second-order valence-electron chi connectivity index (χ2n) is 6.29. The van der Waals surface area contributed by atoms with E-state index in [-0.39, 0.29) is 35.2 Å². The number of hydrogen-bond donors (Lipinski definition) is 1. The van der Waals surface area contributed by atoms with Crippen molar-refractivity contribution >= 4 is 11.6 Å². The molecule has 8 heteroatoms. The predicted octanol–water partition coefficient (Wildman–Crippen LogP) is 2.53. The molecule has 0 aliphatic rings. The summed E-state index contributed by atoms with van der Waals surface area (Å²) >= 11 is 0. The summed E-state index contributed by atoms with van der Waals surface area (Å²) in [5.74, 6) is -0.818. The van der Waals surface area contributed by atoms with Gasteiger partial charge in [0.05, 0.1) is 12.3 Å². The van der Waals surface area contributed by atoms with Crippen LogP contribution in [0.5, 0.6) is 0 Å². The number of aromatic amines is 1. The van der Waals surface area contributed by atoms with Gasteiger partial charge in [0.15, 0.2) is 5.65 Å². The fourth-order valence-corrected chi connectivity index (χ4v) is 2.86. The van der Waals surface area contributed by atoms with Gasteiger partial charge in [-0.15, -0.1) is 0 Å². The van der Waals surface area contributed by atoms with Crippen LogP contribution in [-0.2, 0) is 11.3 Å². The third kappa shape index (κ3) is 3.90. The number of aromatic nitrogens is 3. The first kappa shape index (κ1) is 18.8. The Morgan fingerprint density at radius 3 is 2.74 bits per heavy atom. The SMILES string of the molecule is CCOC(=O)c1c[nH]n2c(=O)cc(CN(C)C(C)c3ccc(F)cc3)nc12. The molecule has 0 fully saturated rings. The number of hydrogen-bond acceptors (Lipinski definition) is 5. The molecule has 2 heterocycles. The molecule has 0 saturated heterocycles. The summed E-state index contributed by atoms with van der Waals surface area (Å²) in [6.45, 7) is 4.32. The van der Waals surface area contributed by atoms with E-state index in [2.05, 4.69) is 10.1 Å². The number of nitrogens with one attached hydrogen (secondary N) is 1. The number of carbonyl (C=O) groups excluding carboxylic acids is 1. The molecule has 1 N–H and O–H groups in total. The first-order valence-corrected chi connectivity index (χ1v) is 8.63. The lowest BCUT2D eigenvalue weighted by atomic mass is 10.1. The number of halogens is 1. The third-order valence-electron chi connectivity index (χ3n) is 4.47. The monoisotopic (exact) mass is 372 g/mol. The molecule has 0 saturated carbocycles. The second-order valence-corrected chi connectivity index (χ2v) is 6.29. The number of esters is 1. The lowest BCUT2D eigenvalue weighted by molar-refractivity contribution is 0.0528. The van der Waals surface area contributed by atoms with Crippen LogP contribution >= 0.6 is 0 Å². The first-order valence-electron chi connectivity index (χ1n) is 8.63. The highest BCUT2D eigenvalue weighted by Gasteiger charge is 2.18. The molecule has 3 rings (SSSR count). The van der Waals surface area contributed by atoms with Gasteiger partial charge in [-0.1, -0.05) is 12.1 Å². The Kier molecular flexibility index (Phi) is 5.36. The van der Waals surface area contributed by atoms with E-state index >= 15 is 0 Å². The van der Waals surface area contributed by atoms with Crippen molar-refractivity contribution in [2.45, 2.75) is 26.4 Å². The molecule has 0 bridgehead atoms. The Labute approximate surface area is 155 Å². The van der Waals surface area contributed by atoms with E-state index in [4.69, 9.17) is 4.74 Å². The summed E-state index contributed by atoms with van der Waals surface area (Å²) in [5, 5.41) is 2.72. The van der Waals surface area contributed by atoms with Crippen molar-refractivity contribution in [2.24, 2.45) is 0 Å². The number of nitrogens with zero attached hydrogens (tertiary/aromatic N) is 3. The normalized spacial score (nSPS) is 12.5. The Hall–Kier alpha value is -3.00. The van der Waals surface area contributed by atoms with Gasteiger partial charge in [-0.05, 0) is 38.6 Å². The van der Waals surface area contributed by atoms with Gasteiger partial charge in [-0.3, -0.25) is 14.8 Å². The van der Waals surface area contributed by atoms with E-state index in [0.29, 0.717) is 12.2 Å². The average Bonchev–Trinajstić information content (AvgIpc) is 3.06. The van der Waals surface area contributed by atoms with E-state index in [0.717, 1.165) is 5.56 Å². The highest BCUT2D eigenvalue weighted by Crippen LogP contribution is 2.20. The molecular weight excluding hydrogens is 351 g/mol. The summed E-state index contributed by atoms with van der Waals surface area (Å²) in [5.41, 5.74) is 1.62. The van der Waals surface area contributed by atoms with Crippen LogP contribution in [0, 0.1) is 5.82 Å². The zero-order valence-corrected chi connectivity index (χ0v) is 15.4. The van der Waals surface area contributed by atoms with Crippen molar-refractivity contribution in [2.75, 3.05) is 13.7 Å². The van der Waals surface area contributed by atoms with Crippen molar-refractivity contribution in [1.82, 2.24) is 19.5 Å². The van der Waals surface area contributed by atoms with E-state index in [1.807, 2.05) is 18.9 Å². The summed E-state index contributed by atoms with van der Waals surface area (Å²) in [6, 6.07) is 7.71. The smallest absolute Gasteiger partial charge is 0.343 e. The minimum absolute atomic E-state index is 0.0124. The van der Waals surface area contributed by atoms with E-state index in [1.54, 1.807) is 19.1 Å². The lowest BCUT2D eigenvalue weighted by Gasteiger charge is -2.24. The molecule has 0 spiro atoms. The minimum atomic E-state index is -0.534. The Morgan fingerprint density at radius 2 is 2.07 bits per heavy atom. The van der Waals surface area contributed by atoms with Crippen molar-refractivity contribution in [3.8, 4) is 0 Å². The molecule has 0 amide bonds. The topological polar surface area (TPSA) is 79.7 Å². The van der Waals surface area contributed by atoms with Gasteiger partial charge < -0.3 is 4.74 Å². The maximum atomic E-state index is 13.1. The van der Waals surface area contributed by atoms with Crippen LogP contribution in [0.1, 0.15) is 41.5 Å². The largest absolute Gasteiger partial charge is 0.462 e. The maximum absolute atomic E-state index is 13.1. The fourth-order valence-electron chi connectivity index (χ4n) is 2.86. The third-order valence-corrected chi connectivity index (χ3v) is 4.47.